The van der Waals surface area contributed by atoms with Gasteiger partial charge in [0.15, 0.2) is 11.5 Å². The number of hydrogen-bond acceptors (Lipinski definition) is 4. The Kier molecular flexibility index (Phi) is 4.76. The number of rotatable bonds is 4. The van der Waals surface area contributed by atoms with Crippen LogP contribution >= 0.6 is 0 Å². The number of amides is 1. The van der Waals surface area contributed by atoms with E-state index in [1.807, 2.05) is 0 Å². The van der Waals surface area contributed by atoms with Crippen LogP contribution in [0.2, 0.25) is 0 Å². The SMILES string of the molecule is COc1cc2c(c(OC)c1OC)C(c1cc(C)c(F)c(C)c1)CC(=O)N2. The molecule has 1 unspecified atom stereocenters. The molecule has 0 bridgehead atoms. The average molecular weight is 359 g/mol. The number of fused-ring (bicyclic) bond motifs is 1. The third-order valence-electron chi connectivity index (χ3n) is 4.74. The van der Waals surface area contributed by atoms with Crippen molar-refractivity contribution in [3.8, 4) is 17.2 Å². The first-order valence-corrected chi connectivity index (χ1v) is 8.30. The van der Waals surface area contributed by atoms with E-state index in [0.29, 0.717) is 34.1 Å². The van der Waals surface area contributed by atoms with Crippen LogP contribution in [-0.2, 0) is 4.79 Å². The summed E-state index contributed by atoms with van der Waals surface area (Å²) in [6.07, 6.45) is 0.239. The van der Waals surface area contributed by atoms with Gasteiger partial charge in [-0.3, -0.25) is 4.79 Å². The number of carbonyl (C=O) groups excluding carboxylic acids is 1. The third kappa shape index (κ3) is 2.85. The largest absolute Gasteiger partial charge is 0.493 e. The fourth-order valence-electron chi connectivity index (χ4n) is 3.58. The van der Waals surface area contributed by atoms with E-state index in [-0.39, 0.29) is 24.1 Å². The summed E-state index contributed by atoms with van der Waals surface area (Å²) in [4.78, 5) is 12.3. The van der Waals surface area contributed by atoms with Gasteiger partial charge < -0.3 is 19.5 Å². The molecule has 1 atom stereocenters. The first-order valence-electron chi connectivity index (χ1n) is 8.30. The topological polar surface area (TPSA) is 56.8 Å². The van der Waals surface area contributed by atoms with Gasteiger partial charge in [0.1, 0.15) is 5.82 Å². The molecule has 1 aliphatic rings. The van der Waals surface area contributed by atoms with Crippen LogP contribution in [0.1, 0.15) is 34.6 Å². The van der Waals surface area contributed by atoms with Crippen molar-refractivity contribution in [2.24, 2.45) is 0 Å². The molecule has 0 saturated carbocycles. The number of methoxy groups -OCH3 is 3. The van der Waals surface area contributed by atoms with E-state index in [1.54, 1.807) is 39.2 Å². The molecule has 2 aromatic carbocycles. The molecule has 2 aromatic rings. The smallest absolute Gasteiger partial charge is 0.225 e. The maximum atomic E-state index is 14.1. The zero-order valence-electron chi connectivity index (χ0n) is 15.5. The van der Waals surface area contributed by atoms with Gasteiger partial charge in [0.25, 0.3) is 0 Å². The van der Waals surface area contributed by atoms with E-state index in [9.17, 15) is 9.18 Å². The van der Waals surface area contributed by atoms with Crippen molar-refractivity contribution in [1.82, 2.24) is 0 Å². The van der Waals surface area contributed by atoms with Crippen LogP contribution in [0.5, 0.6) is 17.2 Å². The predicted octanol–water partition coefficient (Wildman–Crippen LogP) is 3.94. The van der Waals surface area contributed by atoms with E-state index < -0.39 is 0 Å². The Labute approximate surface area is 152 Å². The number of carbonyl (C=O) groups is 1. The summed E-state index contributed by atoms with van der Waals surface area (Å²) in [7, 11) is 4.61. The number of aryl methyl sites for hydroxylation is 2. The number of benzene rings is 2. The second-order valence-electron chi connectivity index (χ2n) is 6.38. The second-order valence-corrected chi connectivity index (χ2v) is 6.38. The minimum absolute atomic E-state index is 0.114. The Hall–Kier alpha value is -2.76. The van der Waals surface area contributed by atoms with E-state index >= 15 is 0 Å². The molecule has 3 rings (SSSR count). The van der Waals surface area contributed by atoms with Crippen LogP contribution in [0.4, 0.5) is 10.1 Å². The minimum atomic E-state index is -0.272. The Morgan fingerprint density at radius 1 is 1.00 bits per heavy atom. The highest BCUT2D eigenvalue weighted by atomic mass is 19.1. The van der Waals surface area contributed by atoms with Crippen molar-refractivity contribution in [2.45, 2.75) is 26.2 Å². The molecule has 26 heavy (non-hydrogen) atoms. The quantitative estimate of drug-likeness (QED) is 0.898. The maximum absolute atomic E-state index is 14.1. The molecule has 1 amide bonds. The van der Waals surface area contributed by atoms with Gasteiger partial charge in [-0.2, -0.15) is 0 Å². The summed E-state index contributed by atoms with van der Waals surface area (Å²) in [6, 6.07) is 5.29. The molecule has 1 aliphatic heterocycles. The van der Waals surface area contributed by atoms with Gasteiger partial charge in [-0.15, -0.1) is 0 Å². The fourth-order valence-corrected chi connectivity index (χ4v) is 3.58. The Bertz CT molecular complexity index is 856. The van der Waals surface area contributed by atoms with Gasteiger partial charge in [0, 0.05) is 24.0 Å². The van der Waals surface area contributed by atoms with Crippen molar-refractivity contribution < 1.29 is 23.4 Å². The first-order chi connectivity index (χ1) is 12.4. The third-order valence-corrected chi connectivity index (χ3v) is 4.74. The lowest BCUT2D eigenvalue weighted by Gasteiger charge is -2.30. The van der Waals surface area contributed by atoms with Crippen molar-refractivity contribution in [1.29, 1.82) is 0 Å². The number of halogens is 1. The van der Waals surface area contributed by atoms with Crippen molar-refractivity contribution in [3.63, 3.8) is 0 Å². The van der Waals surface area contributed by atoms with Gasteiger partial charge in [-0.1, -0.05) is 12.1 Å². The highest BCUT2D eigenvalue weighted by Gasteiger charge is 2.33. The van der Waals surface area contributed by atoms with Crippen LogP contribution in [0.15, 0.2) is 18.2 Å². The summed E-state index contributed by atoms with van der Waals surface area (Å²) >= 11 is 0. The van der Waals surface area contributed by atoms with Gasteiger partial charge >= 0.3 is 0 Å². The monoisotopic (exact) mass is 359 g/mol. The van der Waals surface area contributed by atoms with Crippen molar-refractivity contribution in [3.05, 3.63) is 46.3 Å². The predicted molar refractivity (Wildman–Crippen MR) is 97.1 cm³/mol. The summed E-state index contributed by atoms with van der Waals surface area (Å²) in [5.41, 5.74) is 3.37. The van der Waals surface area contributed by atoms with Crippen LogP contribution in [0.3, 0.4) is 0 Å². The number of nitrogens with one attached hydrogen (secondary N) is 1. The van der Waals surface area contributed by atoms with Crippen LogP contribution in [0, 0.1) is 19.7 Å². The molecule has 0 aromatic heterocycles. The molecule has 0 spiro atoms. The molecular weight excluding hydrogens is 337 g/mol. The summed E-state index contributed by atoms with van der Waals surface area (Å²) in [6.45, 7) is 3.45. The maximum Gasteiger partial charge on any atom is 0.225 e. The van der Waals surface area contributed by atoms with Crippen LogP contribution in [-0.4, -0.2) is 27.2 Å². The summed E-state index contributed by atoms with van der Waals surface area (Å²) in [5, 5.41) is 2.87. The molecule has 6 heteroatoms. The highest BCUT2D eigenvalue weighted by Crippen LogP contribution is 2.51. The average Bonchev–Trinajstić information content (AvgIpc) is 2.63. The number of anilines is 1. The first kappa shape index (κ1) is 18.0. The Morgan fingerprint density at radius 2 is 1.62 bits per heavy atom. The van der Waals surface area contributed by atoms with Gasteiger partial charge in [0.05, 0.1) is 27.0 Å². The van der Waals surface area contributed by atoms with E-state index in [1.165, 1.54) is 14.2 Å². The van der Waals surface area contributed by atoms with Gasteiger partial charge in [-0.05, 0) is 30.5 Å². The molecule has 138 valence electrons. The summed E-state index contributed by atoms with van der Waals surface area (Å²) in [5.74, 6) is 0.823. The normalized spacial score (nSPS) is 15.9. The molecule has 1 N–H and O–H groups in total. The van der Waals surface area contributed by atoms with E-state index in [0.717, 1.165) is 11.1 Å². The van der Waals surface area contributed by atoms with Crippen LogP contribution in [0.25, 0.3) is 0 Å². The standard InChI is InChI=1S/C20H22FNO4/c1-10-6-12(7-11(2)18(10)21)13-8-16(23)22-14-9-15(24-3)19(25-4)20(26-5)17(13)14/h6-7,9,13H,8H2,1-5H3,(H,22,23). The molecule has 0 radical (unpaired) electrons. The highest BCUT2D eigenvalue weighted by molar-refractivity contribution is 5.97. The minimum Gasteiger partial charge on any atom is -0.493 e. The van der Waals surface area contributed by atoms with Gasteiger partial charge in [0.2, 0.25) is 11.7 Å². The molecule has 0 fully saturated rings. The van der Waals surface area contributed by atoms with E-state index in [2.05, 4.69) is 5.32 Å². The molecule has 1 heterocycles. The molecular formula is C20H22FNO4. The second kappa shape index (κ2) is 6.86. The zero-order valence-corrected chi connectivity index (χ0v) is 15.5. The van der Waals surface area contributed by atoms with Crippen LogP contribution < -0.4 is 19.5 Å². The van der Waals surface area contributed by atoms with E-state index in [4.69, 9.17) is 14.2 Å². The van der Waals surface area contributed by atoms with Crippen molar-refractivity contribution >= 4 is 11.6 Å². The molecule has 5 nitrogen and oxygen atoms in total. The number of hydrogen-bond donors (Lipinski definition) is 1. The van der Waals surface area contributed by atoms with Crippen molar-refractivity contribution in [2.75, 3.05) is 26.6 Å². The fraction of sp³-hybridized carbons (Fsp3) is 0.350. The lowest BCUT2D eigenvalue weighted by molar-refractivity contribution is -0.116. The Morgan fingerprint density at radius 3 is 2.15 bits per heavy atom. The molecule has 0 aliphatic carbocycles. The Balaban J connectivity index is 2.27. The number of ether oxygens (including phenoxy) is 3. The van der Waals surface area contributed by atoms with Gasteiger partial charge in [-0.25, -0.2) is 4.39 Å². The summed E-state index contributed by atoms with van der Waals surface area (Å²) < 4.78 is 30.5. The lowest BCUT2D eigenvalue weighted by Crippen LogP contribution is -2.24. The molecule has 0 saturated heterocycles. The lowest BCUT2D eigenvalue weighted by atomic mass is 9.82. The zero-order chi connectivity index (χ0) is 19.0.